The van der Waals surface area contributed by atoms with Crippen molar-refractivity contribution >= 4 is 29.1 Å². The van der Waals surface area contributed by atoms with Crippen LogP contribution >= 0.6 is 11.6 Å². The molecule has 0 spiro atoms. The summed E-state index contributed by atoms with van der Waals surface area (Å²) in [6.07, 6.45) is 1.92. The number of benzene rings is 1. The van der Waals surface area contributed by atoms with E-state index in [1.807, 2.05) is 0 Å². The minimum absolute atomic E-state index is 0.0219. The number of amides is 2. The van der Waals surface area contributed by atoms with E-state index in [-0.39, 0.29) is 28.4 Å². The zero-order chi connectivity index (χ0) is 18.5. The van der Waals surface area contributed by atoms with Crippen molar-refractivity contribution in [2.75, 3.05) is 18.5 Å². The second-order valence-corrected chi connectivity index (χ2v) is 6.24. The highest BCUT2D eigenvalue weighted by molar-refractivity contribution is 6.31. The summed E-state index contributed by atoms with van der Waals surface area (Å²) in [5.74, 6) is -1.48. The van der Waals surface area contributed by atoms with E-state index in [0.717, 1.165) is 18.9 Å². The molecule has 2 aromatic rings. The third kappa shape index (κ3) is 4.56. The van der Waals surface area contributed by atoms with Crippen LogP contribution in [0.5, 0.6) is 0 Å². The number of carbonyl (C=O) groups is 2. The molecule has 1 fully saturated rings. The quantitative estimate of drug-likeness (QED) is 0.839. The molecule has 136 valence electrons. The van der Waals surface area contributed by atoms with Crippen molar-refractivity contribution in [3.63, 3.8) is 0 Å². The number of aromatic nitrogens is 1. The van der Waals surface area contributed by atoms with E-state index in [1.165, 1.54) is 24.3 Å². The summed E-state index contributed by atoms with van der Waals surface area (Å²) >= 11 is 5.69. The van der Waals surface area contributed by atoms with Crippen LogP contribution < -0.4 is 10.6 Å². The maximum Gasteiger partial charge on any atom is 0.274 e. The van der Waals surface area contributed by atoms with Crippen LogP contribution in [0.2, 0.25) is 5.02 Å². The van der Waals surface area contributed by atoms with Crippen molar-refractivity contribution in [2.45, 2.75) is 18.9 Å². The maximum atomic E-state index is 13.2. The van der Waals surface area contributed by atoms with Gasteiger partial charge in [-0.3, -0.25) is 9.59 Å². The molecule has 2 amide bonds. The van der Waals surface area contributed by atoms with Crippen molar-refractivity contribution < 1.29 is 18.7 Å². The van der Waals surface area contributed by atoms with Crippen LogP contribution in [0, 0.1) is 5.82 Å². The lowest BCUT2D eigenvalue weighted by atomic mass is 10.2. The molecule has 1 aliphatic rings. The molecule has 0 bridgehead atoms. The van der Waals surface area contributed by atoms with E-state index in [1.54, 1.807) is 6.07 Å². The summed E-state index contributed by atoms with van der Waals surface area (Å²) in [5, 5.41) is 5.22. The molecule has 8 heteroatoms. The van der Waals surface area contributed by atoms with Crippen LogP contribution in [0.1, 0.15) is 33.8 Å². The highest BCUT2D eigenvalue weighted by Gasteiger charge is 2.18. The Hall–Kier alpha value is -2.51. The maximum absolute atomic E-state index is 13.2. The number of carbonyl (C=O) groups excluding carboxylic acids is 2. The topological polar surface area (TPSA) is 80.3 Å². The number of pyridine rings is 1. The number of halogens is 2. The molecule has 0 aliphatic carbocycles. The molecule has 2 heterocycles. The van der Waals surface area contributed by atoms with Crippen molar-refractivity contribution in [3.8, 4) is 0 Å². The molecule has 1 aromatic heterocycles. The van der Waals surface area contributed by atoms with Gasteiger partial charge in [-0.25, -0.2) is 9.37 Å². The second-order valence-electron chi connectivity index (χ2n) is 5.84. The first-order chi connectivity index (χ1) is 12.5. The fourth-order valence-electron chi connectivity index (χ4n) is 2.56. The minimum atomic E-state index is -0.576. The van der Waals surface area contributed by atoms with E-state index in [0.29, 0.717) is 18.8 Å². The second kappa shape index (κ2) is 8.25. The van der Waals surface area contributed by atoms with Crippen LogP contribution in [0.4, 0.5) is 10.1 Å². The Balaban J connectivity index is 1.64. The lowest BCUT2D eigenvalue weighted by Gasteiger charge is -2.11. The van der Waals surface area contributed by atoms with Crippen molar-refractivity contribution in [1.29, 1.82) is 0 Å². The smallest absolute Gasteiger partial charge is 0.274 e. The minimum Gasteiger partial charge on any atom is -0.376 e. The van der Waals surface area contributed by atoms with Crippen molar-refractivity contribution in [1.82, 2.24) is 10.3 Å². The molecule has 1 atom stereocenters. The third-order valence-electron chi connectivity index (χ3n) is 3.91. The lowest BCUT2D eigenvalue weighted by molar-refractivity contribution is 0.0853. The number of ether oxygens (including phenoxy) is 1. The van der Waals surface area contributed by atoms with Gasteiger partial charge >= 0.3 is 0 Å². The van der Waals surface area contributed by atoms with Gasteiger partial charge in [0.15, 0.2) is 0 Å². The lowest BCUT2D eigenvalue weighted by Crippen LogP contribution is -2.32. The van der Waals surface area contributed by atoms with E-state index >= 15 is 0 Å². The van der Waals surface area contributed by atoms with Gasteiger partial charge in [-0.05, 0) is 43.2 Å². The van der Waals surface area contributed by atoms with Gasteiger partial charge < -0.3 is 15.4 Å². The van der Waals surface area contributed by atoms with Crippen LogP contribution in [0.15, 0.2) is 36.4 Å². The Morgan fingerprint density at radius 1 is 1.23 bits per heavy atom. The normalized spacial score (nSPS) is 16.3. The van der Waals surface area contributed by atoms with E-state index in [2.05, 4.69) is 15.6 Å². The predicted octanol–water partition coefficient (Wildman–Crippen LogP) is 3.04. The standard InChI is InChI=1S/C18H17ClFN3O3/c19-13-9-11(6-7-14(13)20)22-18(25)16-5-1-4-15(23-16)17(24)21-10-12-3-2-8-26-12/h1,4-7,9,12H,2-3,8,10H2,(H,21,24)(H,22,25). The van der Waals surface area contributed by atoms with Crippen LogP contribution in [0.3, 0.4) is 0 Å². The Morgan fingerprint density at radius 3 is 2.69 bits per heavy atom. The zero-order valence-corrected chi connectivity index (χ0v) is 14.6. The summed E-state index contributed by atoms with van der Waals surface area (Å²) in [6, 6.07) is 8.42. The predicted molar refractivity (Wildman–Crippen MR) is 94.9 cm³/mol. The SMILES string of the molecule is O=C(NCC1CCCO1)c1cccc(C(=O)Nc2ccc(F)c(Cl)c2)n1. The molecule has 1 aliphatic heterocycles. The molecule has 1 saturated heterocycles. The van der Waals surface area contributed by atoms with Gasteiger partial charge in [0.05, 0.1) is 11.1 Å². The molecule has 1 unspecified atom stereocenters. The van der Waals surface area contributed by atoms with Gasteiger partial charge in [-0.1, -0.05) is 17.7 Å². The zero-order valence-electron chi connectivity index (χ0n) is 13.8. The highest BCUT2D eigenvalue weighted by atomic mass is 35.5. The monoisotopic (exact) mass is 377 g/mol. The first-order valence-electron chi connectivity index (χ1n) is 8.16. The van der Waals surface area contributed by atoms with Crippen molar-refractivity contribution in [2.24, 2.45) is 0 Å². The summed E-state index contributed by atoms with van der Waals surface area (Å²) in [7, 11) is 0. The molecule has 0 radical (unpaired) electrons. The number of hydrogen-bond acceptors (Lipinski definition) is 4. The summed E-state index contributed by atoms with van der Waals surface area (Å²) in [6.45, 7) is 1.12. The third-order valence-corrected chi connectivity index (χ3v) is 4.20. The molecule has 0 saturated carbocycles. The molecule has 2 N–H and O–H groups in total. The molecule has 3 rings (SSSR count). The molecule has 26 heavy (non-hydrogen) atoms. The first-order valence-corrected chi connectivity index (χ1v) is 8.54. The molecular weight excluding hydrogens is 361 g/mol. The van der Waals surface area contributed by atoms with Gasteiger partial charge in [-0.15, -0.1) is 0 Å². The van der Waals surface area contributed by atoms with E-state index in [9.17, 15) is 14.0 Å². The van der Waals surface area contributed by atoms with E-state index in [4.69, 9.17) is 16.3 Å². The number of rotatable bonds is 5. The number of hydrogen-bond donors (Lipinski definition) is 2. The Kier molecular flexibility index (Phi) is 5.80. The Bertz CT molecular complexity index is 825. The number of nitrogens with zero attached hydrogens (tertiary/aromatic N) is 1. The van der Waals surface area contributed by atoms with Gasteiger partial charge in [0.2, 0.25) is 0 Å². The van der Waals surface area contributed by atoms with Crippen molar-refractivity contribution in [3.05, 3.63) is 58.6 Å². The molecular formula is C18H17ClFN3O3. The highest BCUT2D eigenvalue weighted by Crippen LogP contribution is 2.19. The van der Waals surface area contributed by atoms with Gasteiger partial charge in [0.25, 0.3) is 11.8 Å². The average Bonchev–Trinajstić information content (AvgIpc) is 3.16. The Labute approximate surface area is 154 Å². The summed E-state index contributed by atoms with van der Waals surface area (Å²) in [5.41, 5.74) is 0.527. The average molecular weight is 378 g/mol. The summed E-state index contributed by atoms with van der Waals surface area (Å²) in [4.78, 5) is 28.6. The van der Waals surface area contributed by atoms with Gasteiger partial charge in [0, 0.05) is 18.8 Å². The van der Waals surface area contributed by atoms with Gasteiger partial charge in [-0.2, -0.15) is 0 Å². The van der Waals surface area contributed by atoms with Crippen LogP contribution in [-0.4, -0.2) is 36.1 Å². The molecule has 6 nitrogen and oxygen atoms in total. The molecule has 1 aromatic carbocycles. The number of nitrogens with one attached hydrogen (secondary N) is 2. The first kappa shape index (κ1) is 18.3. The fourth-order valence-corrected chi connectivity index (χ4v) is 2.74. The fraction of sp³-hybridized carbons (Fsp3) is 0.278. The van der Waals surface area contributed by atoms with Crippen LogP contribution in [0.25, 0.3) is 0 Å². The Morgan fingerprint density at radius 2 is 2.00 bits per heavy atom. The largest absolute Gasteiger partial charge is 0.376 e. The summed E-state index contributed by atoms with van der Waals surface area (Å²) < 4.78 is 18.6. The van der Waals surface area contributed by atoms with E-state index < -0.39 is 11.7 Å². The van der Waals surface area contributed by atoms with Gasteiger partial charge in [0.1, 0.15) is 17.2 Å². The number of anilines is 1. The van der Waals surface area contributed by atoms with Crippen LogP contribution in [-0.2, 0) is 4.74 Å².